The lowest BCUT2D eigenvalue weighted by molar-refractivity contribution is -0.153. The van der Waals surface area contributed by atoms with E-state index in [1.165, 1.54) is 0 Å². The molecule has 1 N–H and O–H groups in total. The molecule has 0 saturated heterocycles. The van der Waals surface area contributed by atoms with Gasteiger partial charge in [0, 0.05) is 12.8 Å². The smallest absolute Gasteiger partial charge is 0.307 e. The molecule has 1 aromatic rings. The van der Waals surface area contributed by atoms with Crippen molar-refractivity contribution < 1.29 is 18.7 Å². The van der Waals surface area contributed by atoms with Crippen molar-refractivity contribution in [1.82, 2.24) is 0 Å². The zero-order chi connectivity index (χ0) is 13.2. The van der Waals surface area contributed by atoms with E-state index in [-0.39, 0.29) is 18.8 Å². The SMILES string of the molecule is O=C(O)C1CC(F)(F)CCC1Cc1ccccc1. The predicted octanol–water partition coefficient (Wildman–Crippen LogP) is 3.37. The van der Waals surface area contributed by atoms with Crippen LogP contribution in [-0.2, 0) is 11.2 Å². The lowest BCUT2D eigenvalue weighted by Gasteiger charge is -2.33. The van der Waals surface area contributed by atoms with E-state index in [1.807, 2.05) is 30.3 Å². The summed E-state index contributed by atoms with van der Waals surface area (Å²) in [6, 6.07) is 9.45. The minimum atomic E-state index is -2.82. The average Bonchev–Trinajstić information content (AvgIpc) is 2.32. The quantitative estimate of drug-likeness (QED) is 0.898. The molecule has 0 aromatic heterocycles. The van der Waals surface area contributed by atoms with Crippen molar-refractivity contribution in [3.63, 3.8) is 0 Å². The highest BCUT2D eigenvalue weighted by Crippen LogP contribution is 2.41. The fourth-order valence-electron chi connectivity index (χ4n) is 2.64. The molecule has 2 nitrogen and oxygen atoms in total. The van der Waals surface area contributed by atoms with E-state index < -0.39 is 24.2 Å². The van der Waals surface area contributed by atoms with Crippen molar-refractivity contribution in [2.75, 3.05) is 0 Å². The number of aliphatic carboxylic acids is 1. The van der Waals surface area contributed by atoms with E-state index in [4.69, 9.17) is 5.11 Å². The number of carboxylic acid groups (broad SMARTS) is 1. The van der Waals surface area contributed by atoms with Gasteiger partial charge < -0.3 is 5.11 Å². The third-order valence-corrected chi connectivity index (χ3v) is 3.63. The van der Waals surface area contributed by atoms with Gasteiger partial charge in [-0.3, -0.25) is 4.79 Å². The summed E-state index contributed by atoms with van der Waals surface area (Å²) >= 11 is 0. The maximum absolute atomic E-state index is 13.3. The molecule has 4 heteroatoms. The first-order chi connectivity index (χ1) is 8.48. The molecule has 0 radical (unpaired) electrons. The molecule has 0 bridgehead atoms. The topological polar surface area (TPSA) is 37.3 Å². The summed E-state index contributed by atoms with van der Waals surface area (Å²) in [7, 11) is 0. The Kier molecular flexibility index (Phi) is 3.64. The summed E-state index contributed by atoms with van der Waals surface area (Å²) in [5, 5.41) is 9.09. The van der Waals surface area contributed by atoms with Crippen molar-refractivity contribution in [3.05, 3.63) is 35.9 Å². The zero-order valence-corrected chi connectivity index (χ0v) is 9.98. The third-order valence-electron chi connectivity index (χ3n) is 3.63. The van der Waals surface area contributed by atoms with Gasteiger partial charge in [-0.2, -0.15) is 0 Å². The molecule has 0 spiro atoms. The van der Waals surface area contributed by atoms with Gasteiger partial charge in [0.1, 0.15) is 0 Å². The molecule has 1 saturated carbocycles. The van der Waals surface area contributed by atoms with E-state index in [9.17, 15) is 13.6 Å². The average molecular weight is 254 g/mol. The standard InChI is InChI=1S/C14H16F2O2/c15-14(16)7-6-11(12(9-14)13(17)18)8-10-4-2-1-3-5-10/h1-5,11-12H,6-9H2,(H,17,18). The molecule has 0 heterocycles. The fraction of sp³-hybridized carbons (Fsp3) is 0.500. The Labute approximate surface area is 105 Å². The van der Waals surface area contributed by atoms with E-state index in [0.29, 0.717) is 6.42 Å². The Bertz CT molecular complexity index is 417. The minimum absolute atomic E-state index is 0.190. The van der Waals surface area contributed by atoms with E-state index in [1.54, 1.807) is 0 Å². The Balaban J connectivity index is 2.09. The van der Waals surface area contributed by atoms with Gasteiger partial charge in [-0.05, 0) is 24.3 Å². The minimum Gasteiger partial charge on any atom is -0.481 e. The van der Waals surface area contributed by atoms with Crippen LogP contribution in [-0.4, -0.2) is 17.0 Å². The number of rotatable bonds is 3. The number of halogens is 2. The van der Waals surface area contributed by atoms with Crippen LogP contribution >= 0.6 is 0 Å². The molecular formula is C14H16F2O2. The summed E-state index contributed by atoms with van der Waals surface area (Å²) in [6.45, 7) is 0. The van der Waals surface area contributed by atoms with Gasteiger partial charge in [-0.25, -0.2) is 8.78 Å². The maximum atomic E-state index is 13.3. The van der Waals surface area contributed by atoms with Crippen molar-refractivity contribution >= 4 is 5.97 Å². The summed E-state index contributed by atoms with van der Waals surface area (Å²) in [6.07, 6.45) is 0.112. The Morgan fingerprint density at radius 1 is 1.33 bits per heavy atom. The summed E-state index contributed by atoms with van der Waals surface area (Å²) in [5.41, 5.74) is 1.01. The molecular weight excluding hydrogens is 238 g/mol. The Morgan fingerprint density at radius 2 is 2.00 bits per heavy atom. The molecule has 98 valence electrons. The first kappa shape index (κ1) is 13.0. The summed E-state index contributed by atoms with van der Waals surface area (Å²) in [4.78, 5) is 11.1. The van der Waals surface area contributed by atoms with Crippen LogP contribution < -0.4 is 0 Å². The first-order valence-electron chi connectivity index (χ1n) is 6.12. The molecule has 0 amide bonds. The Hall–Kier alpha value is -1.45. The van der Waals surface area contributed by atoms with Gasteiger partial charge in [-0.15, -0.1) is 0 Å². The summed E-state index contributed by atoms with van der Waals surface area (Å²) in [5.74, 6) is -5.05. The number of hydrogen-bond acceptors (Lipinski definition) is 1. The van der Waals surface area contributed by atoms with Crippen molar-refractivity contribution in [2.24, 2.45) is 11.8 Å². The van der Waals surface area contributed by atoms with Gasteiger partial charge in [-0.1, -0.05) is 30.3 Å². The van der Waals surface area contributed by atoms with Crippen LogP contribution in [0, 0.1) is 11.8 Å². The molecule has 1 aliphatic rings. The molecule has 2 atom stereocenters. The lowest BCUT2D eigenvalue weighted by Crippen LogP contribution is -2.37. The lowest BCUT2D eigenvalue weighted by atomic mass is 9.74. The highest BCUT2D eigenvalue weighted by Gasteiger charge is 2.44. The summed E-state index contributed by atoms with van der Waals surface area (Å²) < 4.78 is 26.5. The van der Waals surface area contributed by atoms with Crippen LogP contribution in [0.5, 0.6) is 0 Å². The first-order valence-corrected chi connectivity index (χ1v) is 6.12. The van der Waals surface area contributed by atoms with Crippen LogP contribution in [0.1, 0.15) is 24.8 Å². The monoisotopic (exact) mass is 254 g/mol. The molecule has 2 unspecified atom stereocenters. The second-order valence-corrected chi connectivity index (χ2v) is 4.99. The molecule has 2 rings (SSSR count). The number of benzene rings is 1. The van der Waals surface area contributed by atoms with Crippen molar-refractivity contribution in [1.29, 1.82) is 0 Å². The van der Waals surface area contributed by atoms with Crippen LogP contribution in [0.25, 0.3) is 0 Å². The number of carboxylic acids is 1. The van der Waals surface area contributed by atoms with Gasteiger partial charge in [0.25, 0.3) is 0 Å². The van der Waals surface area contributed by atoms with E-state index in [0.717, 1.165) is 5.56 Å². The highest BCUT2D eigenvalue weighted by atomic mass is 19.3. The van der Waals surface area contributed by atoms with Crippen molar-refractivity contribution in [2.45, 2.75) is 31.6 Å². The van der Waals surface area contributed by atoms with Gasteiger partial charge in [0.2, 0.25) is 5.92 Å². The molecule has 1 aromatic carbocycles. The van der Waals surface area contributed by atoms with Crippen LogP contribution in [0.2, 0.25) is 0 Å². The third kappa shape index (κ3) is 3.06. The van der Waals surface area contributed by atoms with E-state index in [2.05, 4.69) is 0 Å². The largest absolute Gasteiger partial charge is 0.481 e. The second-order valence-electron chi connectivity index (χ2n) is 4.99. The number of carbonyl (C=O) groups is 1. The highest BCUT2D eigenvalue weighted by molar-refractivity contribution is 5.70. The van der Waals surface area contributed by atoms with Gasteiger partial charge >= 0.3 is 5.97 Å². The van der Waals surface area contributed by atoms with Crippen molar-refractivity contribution in [3.8, 4) is 0 Å². The fourth-order valence-corrected chi connectivity index (χ4v) is 2.64. The Morgan fingerprint density at radius 3 is 2.61 bits per heavy atom. The van der Waals surface area contributed by atoms with Gasteiger partial charge in [0.05, 0.1) is 5.92 Å². The van der Waals surface area contributed by atoms with Crippen LogP contribution in [0.15, 0.2) is 30.3 Å². The van der Waals surface area contributed by atoms with Gasteiger partial charge in [0.15, 0.2) is 0 Å². The molecule has 0 aliphatic heterocycles. The van der Waals surface area contributed by atoms with Crippen LogP contribution in [0.4, 0.5) is 8.78 Å². The second kappa shape index (κ2) is 5.04. The number of alkyl halides is 2. The molecule has 1 fully saturated rings. The normalized spacial score (nSPS) is 26.8. The zero-order valence-electron chi connectivity index (χ0n) is 9.98. The van der Waals surface area contributed by atoms with E-state index >= 15 is 0 Å². The predicted molar refractivity (Wildman–Crippen MR) is 63.6 cm³/mol. The maximum Gasteiger partial charge on any atom is 0.307 e. The van der Waals surface area contributed by atoms with Crippen LogP contribution in [0.3, 0.4) is 0 Å². The number of hydrogen-bond donors (Lipinski definition) is 1. The molecule has 1 aliphatic carbocycles. The molecule has 18 heavy (non-hydrogen) atoms.